The number of amides is 2. The van der Waals surface area contributed by atoms with E-state index in [0.717, 1.165) is 12.8 Å². The summed E-state index contributed by atoms with van der Waals surface area (Å²) in [5, 5.41) is 11.9. The Kier molecular flexibility index (Phi) is 3.75. The van der Waals surface area contributed by atoms with Crippen LogP contribution in [0, 0.1) is 5.92 Å². The molecule has 0 bridgehead atoms. The van der Waals surface area contributed by atoms with Gasteiger partial charge in [0.2, 0.25) is 0 Å². The third kappa shape index (κ3) is 2.93. The minimum absolute atomic E-state index is 0.172. The first-order chi connectivity index (χ1) is 8.50. The molecule has 0 spiro atoms. The molecule has 6 nitrogen and oxygen atoms in total. The Labute approximate surface area is 106 Å². The van der Waals surface area contributed by atoms with Crippen LogP contribution in [0.25, 0.3) is 0 Å². The summed E-state index contributed by atoms with van der Waals surface area (Å²) in [6.07, 6.45) is 2.20. The number of urea groups is 1. The van der Waals surface area contributed by atoms with E-state index < -0.39 is 11.9 Å². The first-order valence-electron chi connectivity index (χ1n) is 6.38. The molecule has 2 N–H and O–H groups in total. The smallest absolute Gasteiger partial charge is 0.317 e. The van der Waals surface area contributed by atoms with Crippen molar-refractivity contribution in [3.05, 3.63) is 0 Å². The van der Waals surface area contributed by atoms with Gasteiger partial charge in [0.1, 0.15) is 0 Å². The SMILES string of the molecule is CC1(NC(=O)N2CCC[C@@H](C(=O)O)C2)CCOC1. The zero-order valence-corrected chi connectivity index (χ0v) is 10.6. The van der Waals surface area contributed by atoms with Crippen molar-refractivity contribution in [1.82, 2.24) is 10.2 Å². The average Bonchev–Trinajstić information content (AvgIpc) is 2.76. The Morgan fingerprint density at radius 1 is 1.50 bits per heavy atom. The quantitative estimate of drug-likeness (QED) is 0.761. The number of carbonyl (C=O) groups excluding carboxylic acids is 1. The zero-order valence-electron chi connectivity index (χ0n) is 10.6. The number of hydrogen-bond donors (Lipinski definition) is 2. The highest BCUT2D eigenvalue weighted by atomic mass is 16.5. The second-order valence-electron chi connectivity index (χ2n) is 5.42. The third-order valence-corrected chi connectivity index (χ3v) is 3.69. The number of carboxylic acids is 1. The number of aliphatic carboxylic acids is 1. The summed E-state index contributed by atoms with van der Waals surface area (Å²) >= 11 is 0. The topological polar surface area (TPSA) is 78.9 Å². The summed E-state index contributed by atoms with van der Waals surface area (Å²) in [6, 6.07) is -0.172. The van der Waals surface area contributed by atoms with Gasteiger partial charge in [-0.2, -0.15) is 0 Å². The van der Waals surface area contributed by atoms with Crippen molar-refractivity contribution in [3.63, 3.8) is 0 Å². The van der Waals surface area contributed by atoms with Crippen molar-refractivity contribution in [1.29, 1.82) is 0 Å². The van der Waals surface area contributed by atoms with Crippen molar-refractivity contribution in [3.8, 4) is 0 Å². The molecule has 0 aromatic heterocycles. The maximum Gasteiger partial charge on any atom is 0.317 e. The normalized spacial score (nSPS) is 32.3. The van der Waals surface area contributed by atoms with Crippen molar-refractivity contribution < 1.29 is 19.4 Å². The van der Waals surface area contributed by atoms with E-state index >= 15 is 0 Å². The molecule has 2 heterocycles. The highest BCUT2D eigenvalue weighted by Crippen LogP contribution is 2.20. The monoisotopic (exact) mass is 256 g/mol. The van der Waals surface area contributed by atoms with E-state index in [9.17, 15) is 9.59 Å². The Bertz CT molecular complexity index is 339. The molecule has 102 valence electrons. The molecule has 18 heavy (non-hydrogen) atoms. The first kappa shape index (κ1) is 13.1. The van der Waals surface area contributed by atoms with Crippen molar-refractivity contribution in [2.45, 2.75) is 31.7 Å². The van der Waals surface area contributed by atoms with Gasteiger partial charge in [0.25, 0.3) is 0 Å². The van der Waals surface area contributed by atoms with Gasteiger partial charge in [-0.1, -0.05) is 0 Å². The molecule has 2 rings (SSSR count). The largest absolute Gasteiger partial charge is 0.481 e. The van der Waals surface area contributed by atoms with Gasteiger partial charge in [0.15, 0.2) is 0 Å². The molecular weight excluding hydrogens is 236 g/mol. The number of hydrogen-bond acceptors (Lipinski definition) is 3. The van der Waals surface area contributed by atoms with Gasteiger partial charge < -0.3 is 20.1 Å². The number of carbonyl (C=O) groups is 2. The predicted octanol–water partition coefficient (Wildman–Crippen LogP) is 0.672. The molecule has 2 atom stereocenters. The lowest BCUT2D eigenvalue weighted by atomic mass is 9.98. The molecule has 0 radical (unpaired) electrons. The Morgan fingerprint density at radius 3 is 2.89 bits per heavy atom. The molecule has 0 aromatic rings. The number of carboxylic acid groups (broad SMARTS) is 1. The minimum Gasteiger partial charge on any atom is -0.481 e. The summed E-state index contributed by atoms with van der Waals surface area (Å²) in [5.74, 6) is -1.25. The van der Waals surface area contributed by atoms with Crippen LogP contribution in [0.3, 0.4) is 0 Å². The van der Waals surface area contributed by atoms with Crippen molar-refractivity contribution >= 4 is 12.0 Å². The summed E-state index contributed by atoms with van der Waals surface area (Å²) in [6.45, 7) is 4.07. The minimum atomic E-state index is -0.817. The van der Waals surface area contributed by atoms with Gasteiger partial charge in [0.05, 0.1) is 18.1 Å². The van der Waals surface area contributed by atoms with E-state index in [1.54, 1.807) is 4.90 Å². The van der Waals surface area contributed by atoms with Crippen LogP contribution in [0.1, 0.15) is 26.2 Å². The Morgan fingerprint density at radius 2 is 2.28 bits per heavy atom. The maximum absolute atomic E-state index is 12.1. The van der Waals surface area contributed by atoms with Crippen LogP contribution in [-0.4, -0.2) is 53.8 Å². The van der Waals surface area contributed by atoms with Gasteiger partial charge in [-0.05, 0) is 26.2 Å². The van der Waals surface area contributed by atoms with Crippen LogP contribution in [0.2, 0.25) is 0 Å². The molecule has 2 fully saturated rings. The fourth-order valence-corrected chi connectivity index (χ4v) is 2.47. The second-order valence-corrected chi connectivity index (χ2v) is 5.42. The van der Waals surface area contributed by atoms with Crippen molar-refractivity contribution in [2.24, 2.45) is 5.92 Å². The molecule has 1 unspecified atom stereocenters. The lowest BCUT2D eigenvalue weighted by Crippen LogP contribution is -2.54. The molecule has 2 saturated heterocycles. The van der Waals surface area contributed by atoms with Gasteiger partial charge in [0, 0.05) is 19.7 Å². The van der Waals surface area contributed by atoms with Gasteiger partial charge >= 0.3 is 12.0 Å². The zero-order chi connectivity index (χ0) is 13.2. The third-order valence-electron chi connectivity index (χ3n) is 3.69. The standard InChI is InChI=1S/C12H20N2O4/c1-12(4-6-18-8-12)13-11(17)14-5-2-3-9(7-14)10(15)16/h9H,2-8H2,1H3,(H,13,17)(H,15,16)/t9-,12?/m1/s1. The van der Waals surface area contributed by atoms with E-state index in [4.69, 9.17) is 9.84 Å². The summed E-state index contributed by atoms with van der Waals surface area (Å²) in [5.41, 5.74) is -0.312. The first-order valence-corrected chi connectivity index (χ1v) is 6.38. The van der Waals surface area contributed by atoms with E-state index in [2.05, 4.69) is 5.32 Å². The Balaban J connectivity index is 1.90. The fraction of sp³-hybridized carbons (Fsp3) is 0.833. The molecule has 2 amide bonds. The van der Waals surface area contributed by atoms with E-state index in [1.807, 2.05) is 6.92 Å². The molecule has 2 aliphatic rings. The van der Waals surface area contributed by atoms with E-state index in [1.165, 1.54) is 0 Å². The van der Waals surface area contributed by atoms with E-state index in [-0.39, 0.29) is 11.6 Å². The number of nitrogens with one attached hydrogen (secondary N) is 1. The molecular formula is C12H20N2O4. The predicted molar refractivity (Wildman–Crippen MR) is 64.3 cm³/mol. The lowest BCUT2D eigenvalue weighted by molar-refractivity contribution is -0.143. The van der Waals surface area contributed by atoms with Crippen LogP contribution in [-0.2, 0) is 9.53 Å². The summed E-state index contributed by atoms with van der Waals surface area (Å²) in [7, 11) is 0. The fourth-order valence-electron chi connectivity index (χ4n) is 2.47. The van der Waals surface area contributed by atoms with Crippen LogP contribution in [0.4, 0.5) is 4.79 Å². The molecule has 0 aromatic carbocycles. The maximum atomic E-state index is 12.1. The van der Waals surface area contributed by atoms with Crippen molar-refractivity contribution in [2.75, 3.05) is 26.3 Å². The molecule has 0 aliphatic carbocycles. The number of nitrogens with zero attached hydrogens (tertiary/aromatic N) is 1. The molecule has 2 aliphatic heterocycles. The van der Waals surface area contributed by atoms with Gasteiger partial charge in [-0.25, -0.2) is 4.79 Å². The highest BCUT2D eigenvalue weighted by Gasteiger charge is 2.34. The number of rotatable bonds is 2. The number of ether oxygens (including phenoxy) is 1. The summed E-state index contributed by atoms with van der Waals surface area (Å²) in [4.78, 5) is 24.6. The molecule has 6 heteroatoms. The number of likely N-dealkylation sites (tertiary alicyclic amines) is 1. The highest BCUT2D eigenvalue weighted by molar-refractivity contribution is 5.77. The van der Waals surface area contributed by atoms with Crippen LogP contribution < -0.4 is 5.32 Å². The van der Waals surface area contributed by atoms with Crippen LogP contribution in [0.15, 0.2) is 0 Å². The van der Waals surface area contributed by atoms with Gasteiger partial charge in [-0.15, -0.1) is 0 Å². The second kappa shape index (κ2) is 5.14. The van der Waals surface area contributed by atoms with Crippen LogP contribution in [0.5, 0.6) is 0 Å². The lowest BCUT2D eigenvalue weighted by Gasteiger charge is -2.34. The summed E-state index contributed by atoms with van der Waals surface area (Å²) < 4.78 is 5.28. The Hall–Kier alpha value is -1.30. The number of piperidine rings is 1. The van der Waals surface area contributed by atoms with E-state index in [0.29, 0.717) is 32.7 Å². The average molecular weight is 256 g/mol. The molecule has 0 saturated carbocycles. The van der Waals surface area contributed by atoms with Gasteiger partial charge in [-0.3, -0.25) is 4.79 Å². The van der Waals surface area contributed by atoms with Crippen LogP contribution >= 0.6 is 0 Å².